The van der Waals surface area contributed by atoms with Crippen LogP contribution in [-0.2, 0) is 14.4 Å². The fourth-order valence-electron chi connectivity index (χ4n) is 3.61. The van der Waals surface area contributed by atoms with E-state index in [2.05, 4.69) is 5.32 Å². The van der Waals surface area contributed by atoms with Crippen LogP contribution in [0.5, 0.6) is 0 Å². The predicted octanol–water partition coefficient (Wildman–Crippen LogP) is 2.53. The van der Waals surface area contributed by atoms with E-state index in [0.29, 0.717) is 25.6 Å². The van der Waals surface area contributed by atoms with Gasteiger partial charge in [0.1, 0.15) is 11.8 Å². The highest BCUT2D eigenvalue weighted by Gasteiger charge is 2.33. The van der Waals surface area contributed by atoms with E-state index >= 15 is 0 Å². The molecule has 2 fully saturated rings. The van der Waals surface area contributed by atoms with Crippen LogP contribution in [0.4, 0.5) is 25.0 Å². The Morgan fingerprint density at radius 3 is 2.52 bits per heavy atom. The van der Waals surface area contributed by atoms with Crippen molar-refractivity contribution in [3.8, 4) is 0 Å². The summed E-state index contributed by atoms with van der Waals surface area (Å²) in [6.07, 6.45) is 1.09. The molecule has 1 atom stereocenters. The lowest BCUT2D eigenvalue weighted by molar-refractivity contribution is -0.131. The molecule has 1 aromatic rings. The Morgan fingerprint density at radius 1 is 1.29 bits per heavy atom. The Bertz CT molecular complexity index is 783. The van der Waals surface area contributed by atoms with Gasteiger partial charge >= 0.3 is 6.09 Å². The van der Waals surface area contributed by atoms with Gasteiger partial charge in [-0.05, 0) is 25.7 Å². The van der Waals surface area contributed by atoms with Crippen LogP contribution in [0.2, 0.25) is 0 Å². The first-order valence-electron chi connectivity index (χ1n) is 10.6. The Balaban J connectivity index is 1.68. The molecule has 1 aliphatic heterocycles. The Morgan fingerprint density at radius 2 is 1.97 bits per heavy atom. The number of likely N-dealkylation sites (N-methyl/N-ethyl adjacent to an activating group) is 1. The van der Waals surface area contributed by atoms with Crippen molar-refractivity contribution in [3.63, 3.8) is 0 Å². The van der Waals surface area contributed by atoms with Gasteiger partial charge in [-0.15, -0.1) is 0 Å². The van der Waals surface area contributed by atoms with E-state index in [1.54, 1.807) is 12.0 Å². The van der Waals surface area contributed by atoms with Gasteiger partial charge in [-0.1, -0.05) is 0 Å². The van der Waals surface area contributed by atoms with E-state index in [-0.39, 0.29) is 30.4 Å². The van der Waals surface area contributed by atoms with E-state index in [0.717, 1.165) is 18.7 Å². The van der Waals surface area contributed by atoms with Crippen molar-refractivity contribution in [3.05, 3.63) is 23.8 Å². The van der Waals surface area contributed by atoms with E-state index in [1.165, 1.54) is 24.7 Å². The lowest BCUT2D eigenvalue weighted by Gasteiger charge is -2.28. The lowest BCUT2D eigenvalue weighted by Crippen LogP contribution is -2.36. The summed E-state index contributed by atoms with van der Waals surface area (Å²) in [5.41, 5.74) is -0.0477. The number of nitrogens with zero attached hydrogens (tertiary/aromatic N) is 3. The Hall–Kier alpha value is -2.46. The van der Waals surface area contributed by atoms with Gasteiger partial charge in [-0.3, -0.25) is 9.69 Å². The second kappa shape index (κ2) is 10.2. The maximum Gasteiger partial charge on any atom is 0.414 e. The smallest absolute Gasteiger partial charge is 0.414 e. The molecule has 8 nitrogen and oxygen atoms in total. The predicted molar refractivity (Wildman–Crippen MR) is 112 cm³/mol. The normalized spacial score (nSPS) is 18.5. The third-order valence-electron chi connectivity index (χ3n) is 5.50. The van der Waals surface area contributed by atoms with Gasteiger partial charge in [-0.2, -0.15) is 5.06 Å². The Kier molecular flexibility index (Phi) is 7.66. The molecule has 0 radical (unpaired) electrons. The molecule has 1 saturated carbocycles. The standard InChI is InChI=1S/C21H30F2N4O4/c1-4-25(7-8-26(30-3)12-15-5-6-15)20-18(22)9-16(10-19(20)23)27-13-17(31-21(27)29)11-24-14(2)28/h9-10,15,17H,4-8,11-13H2,1-3H3,(H,24,28)/t17-/m0/s1. The van der Waals surface area contributed by atoms with Crippen LogP contribution in [0.3, 0.4) is 0 Å². The summed E-state index contributed by atoms with van der Waals surface area (Å²) in [6.45, 7) is 5.57. The van der Waals surface area contributed by atoms with Crippen molar-refractivity contribution in [2.75, 3.05) is 56.2 Å². The second-order valence-electron chi connectivity index (χ2n) is 7.91. The summed E-state index contributed by atoms with van der Waals surface area (Å²) in [5.74, 6) is -1.11. The molecule has 1 N–H and O–H groups in total. The number of cyclic esters (lactones) is 1. The van der Waals surface area contributed by atoms with E-state index in [1.807, 2.05) is 12.0 Å². The van der Waals surface area contributed by atoms with Crippen molar-refractivity contribution in [1.82, 2.24) is 10.4 Å². The molecule has 1 aromatic carbocycles. The number of nitrogens with one attached hydrogen (secondary N) is 1. The zero-order valence-corrected chi connectivity index (χ0v) is 18.2. The first kappa shape index (κ1) is 23.2. The zero-order chi connectivity index (χ0) is 22.5. The molecule has 3 rings (SSSR count). The number of carbonyl (C=O) groups is 2. The topological polar surface area (TPSA) is 74.3 Å². The highest BCUT2D eigenvalue weighted by molar-refractivity contribution is 5.90. The number of rotatable bonds is 11. The lowest BCUT2D eigenvalue weighted by atomic mass is 10.2. The summed E-state index contributed by atoms with van der Waals surface area (Å²) in [5, 5.41) is 4.39. The summed E-state index contributed by atoms with van der Waals surface area (Å²) in [4.78, 5) is 31.3. The van der Waals surface area contributed by atoms with Crippen LogP contribution in [0.1, 0.15) is 26.7 Å². The summed E-state index contributed by atoms with van der Waals surface area (Å²) < 4.78 is 35.1. The van der Waals surface area contributed by atoms with E-state index < -0.39 is 23.8 Å². The fraction of sp³-hybridized carbons (Fsp3) is 0.619. The minimum atomic E-state index is -0.749. The van der Waals surface area contributed by atoms with Gasteiger partial charge in [0.15, 0.2) is 11.6 Å². The number of amides is 2. The zero-order valence-electron chi connectivity index (χ0n) is 18.2. The number of benzene rings is 1. The number of ether oxygens (including phenoxy) is 1. The number of carbonyl (C=O) groups excluding carboxylic acids is 2. The van der Waals surface area contributed by atoms with Crippen molar-refractivity contribution >= 4 is 23.4 Å². The SMILES string of the molecule is CCN(CCN(CC1CC1)OC)c1c(F)cc(N2C[C@H](CNC(C)=O)OC2=O)cc1F. The summed E-state index contributed by atoms with van der Waals surface area (Å²) >= 11 is 0. The van der Waals surface area contributed by atoms with Crippen LogP contribution in [0.25, 0.3) is 0 Å². The maximum absolute atomic E-state index is 14.9. The first-order valence-corrected chi connectivity index (χ1v) is 10.6. The van der Waals surface area contributed by atoms with Gasteiger partial charge in [0.2, 0.25) is 5.91 Å². The van der Waals surface area contributed by atoms with Crippen LogP contribution in [0.15, 0.2) is 12.1 Å². The maximum atomic E-state index is 14.9. The fourth-order valence-corrected chi connectivity index (χ4v) is 3.61. The minimum Gasteiger partial charge on any atom is -0.442 e. The minimum absolute atomic E-state index is 0.0809. The molecule has 10 heteroatoms. The monoisotopic (exact) mass is 440 g/mol. The average molecular weight is 440 g/mol. The molecular weight excluding hydrogens is 410 g/mol. The van der Waals surface area contributed by atoms with Crippen LogP contribution in [0, 0.1) is 17.6 Å². The highest BCUT2D eigenvalue weighted by Crippen LogP contribution is 2.32. The summed E-state index contributed by atoms with van der Waals surface area (Å²) in [7, 11) is 1.60. The van der Waals surface area contributed by atoms with Crippen molar-refractivity contribution in [2.24, 2.45) is 5.92 Å². The molecule has 0 bridgehead atoms. The number of hydrogen-bond acceptors (Lipinski definition) is 6. The first-order chi connectivity index (χ1) is 14.8. The molecule has 1 aliphatic carbocycles. The largest absolute Gasteiger partial charge is 0.442 e. The molecule has 172 valence electrons. The molecule has 1 saturated heterocycles. The average Bonchev–Trinajstić information content (AvgIpc) is 3.46. The second-order valence-corrected chi connectivity index (χ2v) is 7.91. The molecule has 1 heterocycles. The highest BCUT2D eigenvalue weighted by atomic mass is 19.1. The van der Waals surface area contributed by atoms with E-state index in [9.17, 15) is 18.4 Å². The number of hydroxylamine groups is 2. The van der Waals surface area contributed by atoms with Crippen molar-refractivity contribution in [1.29, 1.82) is 0 Å². The number of anilines is 2. The molecular formula is C21H30F2N4O4. The van der Waals surface area contributed by atoms with Crippen LogP contribution in [-0.4, -0.2) is 69.5 Å². The number of hydrogen-bond donors (Lipinski definition) is 1. The van der Waals surface area contributed by atoms with E-state index in [4.69, 9.17) is 9.57 Å². The molecule has 0 aromatic heterocycles. The van der Waals surface area contributed by atoms with Gasteiger partial charge in [0.25, 0.3) is 0 Å². The molecule has 2 amide bonds. The summed E-state index contributed by atoms with van der Waals surface area (Å²) in [6, 6.07) is 2.28. The number of halogens is 2. The molecule has 2 aliphatic rings. The van der Waals surface area contributed by atoms with Crippen molar-refractivity contribution in [2.45, 2.75) is 32.8 Å². The third-order valence-corrected chi connectivity index (χ3v) is 5.50. The molecule has 0 unspecified atom stereocenters. The third kappa shape index (κ3) is 6.04. The van der Waals surface area contributed by atoms with Gasteiger partial charge < -0.3 is 19.8 Å². The molecule has 0 spiro atoms. The quantitative estimate of drug-likeness (QED) is 0.533. The van der Waals surface area contributed by atoms with Gasteiger partial charge in [-0.25, -0.2) is 13.6 Å². The van der Waals surface area contributed by atoms with Crippen molar-refractivity contribution < 1.29 is 27.9 Å². The van der Waals surface area contributed by atoms with Crippen LogP contribution < -0.4 is 15.1 Å². The van der Waals surface area contributed by atoms with Gasteiger partial charge in [0.05, 0.1) is 25.9 Å². The molecule has 31 heavy (non-hydrogen) atoms. The Labute approximate surface area is 181 Å². The van der Waals surface area contributed by atoms with Crippen LogP contribution >= 0.6 is 0 Å². The van der Waals surface area contributed by atoms with Gasteiger partial charge in [0, 0.05) is 45.2 Å².